The van der Waals surface area contributed by atoms with E-state index in [0.29, 0.717) is 10.6 Å². The van der Waals surface area contributed by atoms with Crippen LogP contribution in [-0.2, 0) is 9.53 Å². The Bertz CT molecular complexity index is 600. The average molecular weight is 307 g/mol. The summed E-state index contributed by atoms with van der Waals surface area (Å²) in [6, 6.07) is 5.94. The van der Waals surface area contributed by atoms with E-state index < -0.39 is 24.0 Å². The van der Waals surface area contributed by atoms with Crippen molar-refractivity contribution in [3.63, 3.8) is 0 Å². The summed E-state index contributed by atoms with van der Waals surface area (Å²) in [5, 5.41) is 5.64. The first-order valence-electron chi connectivity index (χ1n) is 6.33. The number of benzene rings is 1. The molecule has 0 radical (unpaired) electrons. The Hall–Kier alpha value is -2.27. The van der Waals surface area contributed by atoms with Gasteiger partial charge < -0.3 is 15.4 Å². The number of esters is 1. The molecule has 0 unspecified atom stereocenters. The van der Waals surface area contributed by atoms with E-state index in [4.69, 9.17) is 16.3 Å². The van der Waals surface area contributed by atoms with Crippen LogP contribution in [0.3, 0.4) is 0 Å². The number of hydrogen-bond donors (Lipinski definition) is 2. The summed E-state index contributed by atoms with van der Waals surface area (Å²) in [4.78, 5) is 23.9. The highest BCUT2D eigenvalue weighted by atomic mass is 35.5. The number of halogens is 1. The van der Waals surface area contributed by atoms with Crippen molar-refractivity contribution in [3.8, 4) is 0 Å². The number of carbonyl (C=O) groups is 2. The topological polar surface area (TPSA) is 67.4 Å². The van der Waals surface area contributed by atoms with Gasteiger partial charge in [-0.15, -0.1) is 0 Å². The minimum absolute atomic E-state index is 0.0891. The van der Waals surface area contributed by atoms with Crippen LogP contribution >= 0.6 is 11.6 Å². The van der Waals surface area contributed by atoms with Crippen molar-refractivity contribution in [2.75, 3.05) is 6.61 Å². The third-order valence-corrected chi connectivity index (χ3v) is 3.45. The van der Waals surface area contributed by atoms with Crippen LogP contribution in [0.1, 0.15) is 11.6 Å². The summed E-state index contributed by atoms with van der Waals surface area (Å²) in [5.74, 6) is -1.26. The average Bonchev–Trinajstić information content (AvgIpc) is 2.44. The first-order valence-corrected chi connectivity index (χ1v) is 6.70. The SMILES string of the molecule is C=CCOC(=O)[C@@H]1C(=C)NC(=O)N[C@H]1c1ccccc1Cl. The zero-order valence-corrected chi connectivity index (χ0v) is 12.0. The summed E-state index contributed by atoms with van der Waals surface area (Å²) in [5.41, 5.74) is 0.911. The third kappa shape index (κ3) is 3.25. The Morgan fingerprint density at radius 2 is 2.14 bits per heavy atom. The molecule has 1 aliphatic heterocycles. The van der Waals surface area contributed by atoms with Crippen molar-refractivity contribution >= 4 is 23.6 Å². The van der Waals surface area contributed by atoms with Crippen molar-refractivity contribution < 1.29 is 14.3 Å². The van der Waals surface area contributed by atoms with Gasteiger partial charge in [-0.05, 0) is 11.6 Å². The van der Waals surface area contributed by atoms with E-state index in [0.717, 1.165) is 0 Å². The quantitative estimate of drug-likeness (QED) is 0.663. The highest BCUT2D eigenvalue weighted by molar-refractivity contribution is 6.31. The maximum atomic E-state index is 12.2. The molecule has 0 bridgehead atoms. The summed E-state index contributed by atoms with van der Waals surface area (Å²) >= 11 is 6.16. The van der Waals surface area contributed by atoms with Crippen LogP contribution in [0, 0.1) is 5.92 Å². The van der Waals surface area contributed by atoms with Gasteiger partial charge in [0.05, 0.1) is 6.04 Å². The first-order chi connectivity index (χ1) is 10.0. The molecule has 2 amide bonds. The highest BCUT2D eigenvalue weighted by Crippen LogP contribution is 2.33. The predicted octanol–water partition coefficient (Wildman–Crippen LogP) is 2.55. The van der Waals surface area contributed by atoms with Crippen molar-refractivity contribution in [1.82, 2.24) is 10.6 Å². The van der Waals surface area contributed by atoms with E-state index in [1.165, 1.54) is 6.08 Å². The fraction of sp³-hybridized carbons (Fsp3) is 0.200. The second-order valence-corrected chi connectivity index (χ2v) is 4.93. The summed E-state index contributed by atoms with van der Waals surface area (Å²) in [7, 11) is 0. The first kappa shape index (κ1) is 15.1. The number of rotatable bonds is 4. The molecule has 2 rings (SSSR count). The van der Waals surface area contributed by atoms with Gasteiger partial charge in [-0.3, -0.25) is 4.79 Å². The number of ether oxygens (including phenoxy) is 1. The fourth-order valence-corrected chi connectivity index (χ4v) is 2.43. The molecule has 1 aromatic carbocycles. The Kier molecular flexibility index (Phi) is 4.65. The molecule has 1 aliphatic rings. The smallest absolute Gasteiger partial charge is 0.319 e. The normalized spacial score (nSPS) is 21.2. The minimum Gasteiger partial charge on any atom is -0.461 e. The van der Waals surface area contributed by atoms with E-state index in [1.54, 1.807) is 24.3 Å². The van der Waals surface area contributed by atoms with Crippen molar-refractivity contribution in [1.29, 1.82) is 0 Å². The van der Waals surface area contributed by atoms with Crippen LogP contribution in [0.4, 0.5) is 4.79 Å². The summed E-state index contributed by atoms with van der Waals surface area (Å²) in [6.45, 7) is 7.32. The van der Waals surface area contributed by atoms with Gasteiger partial charge in [-0.2, -0.15) is 0 Å². The molecule has 6 heteroatoms. The van der Waals surface area contributed by atoms with Gasteiger partial charge in [0.2, 0.25) is 0 Å². The Labute approximate surface area is 127 Å². The molecule has 0 saturated carbocycles. The number of carbonyl (C=O) groups excluding carboxylic acids is 2. The van der Waals surface area contributed by atoms with E-state index >= 15 is 0 Å². The number of nitrogens with one attached hydrogen (secondary N) is 2. The molecule has 1 saturated heterocycles. The number of urea groups is 1. The Morgan fingerprint density at radius 1 is 1.43 bits per heavy atom. The van der Waals surface area contributed by atoms with Gasteiger partial charge in [-0.1, -0.05) is 49.0 Å². The molecule has 1 aromatic rings. The van der Waals surface area contributed by atoms with Gasteiger partial charge in [0.1, 0.15) is 12.5 Å². The van der Waals surface area contributed by atoms with Crippen molar-refractivity contribution in [2.45, 2.75) is 6.04 Å². The molecule has 5 nitrogen and oxygen atoms in total. The maximum Gasteiger partial charge on any atom is 0.319 e. The molecule has 0 aromatic heterocycles. The zero-order valence-electron chi connectivity index (χ0n) is 11.3. The molecule has 2 atom stereocenters. The van der Waals surface area contributed by atoms with Crippen molar-refractivity contribution in [2.24, 2.45) is 5.92 Å². The predicted molar refractivity (Wildman–Crippen MR) is 79.6 cm³/mol. The second kappa shape index (κ2) is 6.45. The third-order valence-electron chi connectivity index (χ3n) is 3.11. The molecular weight excluding hydrogens is 292 g/mol. The Balaban J connectivity index is 2.35. The molecule has 110 valence electrons. The molecule has 0 spiro atoms. The van der Waals surface area contributed by atoms with Gasteiger partial charge in [-0.25, -0.2) is 4.79 Å². The van der Waals surface area contributed by atoms with Crippen LogP contribution in [0.2, 0.25) is 5.02 Å². The highest BCUT2D eigenvalue weighted by Gasteiger charge is 2.39. The lowest BCUT2D eigenvalue weighted by Gasteiger charge is -2.33. The zero-order chi connectivity index (χ0) is 15.4. The van der Waals surface area contributed by atoms with E-state index in [9.17, 15) is 9.59 Å². The fourth-order valence-electron chi connectivity index (χ4n) is 2.18. The van der Waals surface area contributed by atoms with E-state index in [2.05, 4.69) is 23.8 Å². The van der Waals surface area contributed by atoms with Gasteiger partial charge in [0.25, 0.3) is 0 Å². The lowest BCUT2D eigenvalue weighted by molar-refractivity contribution is -0.147. The summed E-state index contributed by atoms with van der Waals surface area (Å²) in [6.07, 6.45) is 1.47. The van der Waals surface area contributed by atoms with Crippen molar-refractivity contribution in [3.05, 3.63) is 59.8 Å². The largest absolute Gasteiger partial charge is 0.461 e. The maximum absolute atomic E-state index is 12.2. The van der Waals surface area contributed by atoms with Gasteiger partial charge >= 0.3 is 12.0 Å². The van der Waals surface area contributed by atoms with Crippen LogP contribution in [0.5, 0.6) is 0 Å². The van der Waals surface area contributed by atoms with E-state index in [-0.39, 0.29) is 12.3 Å². The van der Waals surface area contributed by atoms with Gasteiger partial charge in [0, 0.05) is 10.7 Å². The van der Waals surface area contributed by atoms with Crippen LogP contribution in [0.15, 0.2) is 49.2 Å². The van der Waals surface area contributed by atoms with Crippen LogP contribution in [-0.4, -0.2) is 18.6 Å². The van der Waals surface area contributed by atoms with Crippen LogP contribution < -0.4 is 10.6 Å². The Morgan fingerprint density at radius 3 is 2.81 bits per heavy atom. The van der Waals surface area contributed by atoms with Crippen LogP contribution in [0.25, 0.3) is 0 Å². The summed E-state index contributed by atoms with van der Waals surface area (Å²) < 4.78 is 5.08. The number of hydrogen-bond acceptors (Lipinski definition) is 3. The minimum atomic E-state index is -0.762. The van der Waals surface area contributed by atoms with Gasteiger partial charge in [0.15, 0.2) is 0 Å². The second-order valence-electron chi connectivity index (χ2n) is 4.52. The molecule has 1 heterocycles. The molecular formula is C15H15ClN2O3. The lowest BCUT2D eigenvalue weighted by atomic mass is 9.89. The molecule has 1 fully saturated rings. The molecule has 0 aliphatic carbocycles. The lowest BCUT2D eigenvalue weighted by Crippen LogP contribution is -2.51. The molecule has 2 N–H and O–H groups in total. The monoisotopic (exact) mass is 306 g/mol. The standard InChI is InChI=1S/C15H15ClN2O3/c1-3-8-21-14(19)12-9(2)17-15(20)18-13(12)10-6-4-5-7-11(10)16/h3-7,12-13H,1-2,8H2,(H2,17,18,20)/t12-,13+/m1/s1. The number of amides is 2. The van der Waals surface area contributed by atoms with E-state index in [1.807, 2.05) is 0 Å². The molecule has 21 heavy (non-hydrogen) atoms.